The molecule has 0 aliphatic rings. The minimum Gasteiger partial charge on any atom is -0.476 e. The lowest BCUT2D eigenvalue weighted by Crippen LogP contribution is -2.03. The van der Waals surface area contributed by atoms with Gasteiger partial charge < -0.3 is 9.84 Å². The molecule has 0 aliphatic heterocycles. The molecular weight excluding hydrogens is 280 g/mol. The average Bonchev–Trinajstić information content (AvgIpc) is 2.79. The van der Waals surface area contributed by atoms with Gasteiger partial charge in [0.25, 0.3) is 5.88 Å². The van der Waals surface area contributed by atoms with Gasteiger partial charge >= 0.3 is 5.97 Å². The van der Waals surface area contributed by atoms with Crippen LogP contribution in [-0.2, 0) is 0 Å². The summed E-state index contributed by atoms with van der Waals surface area (Å²) in [6.07, 6.45) is 1.62. The molecule has 20 heavy (non-hydrogen) atoms. The minimum absolute atomic E-state index is 0.0109. The Morgan fingerprint density at radius 2 is 1.95 bits per heavy atom. The predicted molar refractivity (Wildman–Crippen MR) is 73.7 cm³/mol. The van der Waals surface area contributed by atoms with E-state index in [2.05, 4.69) is 4.98 Å². The molecule has 0 unspecified atom stereocenters. The van der Waals surface area contributed by atoms with Crippen molar-refractivity contribution in [3.05, 3.63) is 59.4 Å². The molecule has 0 amide bonds. The lowest BCUT2D eigenvalue weighted by atomic mass is 10.3. The lowest BCUT2D eigenvalue weighted by molar-refractivity contribution is 0.0686. The van der Waals surface area contributed by atoms with Gasteiger partial charge in [0, 0.05) is 6.20 Å². The molecule has 0 saturated carbocycles. The van der Waals surface area contributed by atoms with Gasteiger partial charge in [-0.15, -0.1) is 0 Å². The van der Waals surface area contributed by atoms with Gasteiger partial charge in [-0.05, 0) is 24.3 Å². The summed E-state index contributed by atoms with van der Waals surface area (Å²) in [6, 6.07) is 12.0. The van der Waals surface area contributed by atoms with Gasteiger partial charge in [-0.25, -0.2) is 4.79 Å². The van der Waals surface area contributed by atoms with E-state index in [0.717, 1.165) is 0 Å². The Bertz CT molecular complexity index is 798. The number of rotatable bonds is 3. The molecule has 3 aromatic rings. The first-order valence-electron chi connectivity index (χ1n) is 5.79. The number of carbonyl (C=O) groups is 1. The first-order chi connectivity index (χ1) is 9.66. The van der Waals surface area contributed by atoms with Gasteiger partial charge in [-0.1, -0.05) is 29.8 Å². The van der Waals surface area contributed by atoms with Crippen molar-refractivity contribution in [2.24, 2.45) is 0 Å². The van der Waals surface area contributed by atoms with Crippen LogP contribution in [0.4, 0.5) is 0 Å². The third-order valence-electron chi connectivity index (χ3n) is 2.74. The quantitative estimate of drug-likeness (QED) is 0.801. The van der Waals surface area contributed by atoms with E-state index in [-0.39, 0.29) is 11.6 Å². The van der Waals surface area contributed by atoms with Crippen LogP contribution in [0.25, 0.3) is 5.65 Å². The highest BCUT2D eigenvalue weighted by Gasteiger charge is 2.20. The highest BCUT2D eigenvalue weighted by Crippen LogP contribution is 2.30. The number of fused-ring (bicyclic) bond motifs is 1. The number of imidazole rings is 1. The zero-order valence-electron chi connectivity index (χ0n) is 10.2. The van der Waals surface area contributed by atoms with Gasteiger partial charge in [0.15, 0.2) is 5.69 Å². The second kappa shape index (κ2) is 4.86. The number of nitrogens with zero attached hydrogens (tertiary/aromatic N) is 2. The van der Waals surface area contributed by atoms with Crippen molar-refractivity contribution in [2.45, 2.75) is 0 Å². The first kappa shape index (κ1) is 12.5. The van der Waals surface area contributed by atoms with Gasteiger partial charge in [0.1, 0.15) is 11.4 Å². The molecule has 0 radical (unpaired) electrons. The number of benzene rings is 1. The van der Waals surface area contributed by atoms with Crippen molar-refractivity contribution < 1.29 is 14.6 Å². The van der Waals surface area contributed by atoms with E-state index in [1.807, 2.05) is 0 Å². The number of aromatic carboxylic acids is 1. The van der Waals surface area contributed by atoms with Crippen LogP contribution in [0.5, 0.6) is 11.6 Å². The van der Waals surface area contributed by atoms with E-state index in [9.17, 15) is 9.90 Å². The van der Waals surface area contributed by atoms with Crippen LogP contribution in [-0.4, -0.2) is 20.5 Å². The molecule has 0 saturated heterocycles. The van der Waals surface area contributed by atoms with Crippen LogP contribution in [0.15, 0.2) is 48.7 Å². The van der Waals surface area contributed by atoms with E-state index in [0.29, 0.717) is 16.4 Å². The first-order valence-corrected chi connectivity index (χ1v) is 6.17. The topological polar surface area (TPSA) is 63.8 Å². The van der Waals surface area contributed by atoms with E-state index in [1.165, 1.54) is 4.40 Å². The number of hydrogen-bond donors (Lipinski definition) is 1. The number of pyridine rings is 1. The van der Waals surface area contributed by atoms with Crippen LogP contribution in [0.2, 0.25) is 5.02 Å². The van der Waals surface area contributed by atoms with Crippen LogP contribution < -0.4 is 4.74 Å². The molecule has 100 valence electrons. The van der Waals surface area contributed by atoms with Gasteiger partial charge in [0.2, 0.25) is 0 Å². The zero-order chi connectivity index (χ0) is 14.1. The third kappa shape index (κ3) is 2.08. The Hall–Kier alpha value is -2.53. The Labute approximate surface area is 119 Å². The molecule has 0 bridgehead atoms. The summed E-state index contributed by atoms with van der Waals surface area (Å²) < 4.78 is 6.99. The summed E-state index contributed by atoms with van der Waals surface area (Å²) in [4.78, 5) is 15.6. The molecule has 0 atom stereocenters. The van der Waals surface area contributed by atoms with Crippen molar-refractivity contribution in [1.82, 2.24) is 9.38 Å². The predicted octanol–water partition coefficient (Wildman–Crippen LogP) is 3.48. The summed E-state index contributed by atoms with van der Waals surface area (Å²) >= 11 is 6.00. The van der Waals surface area contributed by atoms with Crippen molar-refractivity contribution >= 4 is 23.2 Å². The van der Waals surface area contributed by atoms with Gasteiger partial charge in [0.05, 0.1) is 5.02 Å². The summed E-state index contributed by atoms with van der Waals surface area (Å²) in [5.41, 5.74) is 0.451. The fraction of sp³-hybridized carbons (Fsp3) is 0. The van der Waals surface area contributed by atoms with Crippen molar-refractivity contribution in [1.29, 1.82) is 0 Å². The smallest absolute Gasteiger partial charge is 0.358 e. The molecule has 1 N–H and O–H groups in total. The largest absolute Gasteiger partial charge is 0.476 e. The number of carboxylic acid groups (broad SMARTS) is 1. The van der Waals surface area contributed by atoms with Crippen LogP contribution in [0, 0.1) is 0 Å². The van der Waals surface area contributed by atoms with Crippen molar-refractivity contribution in [3.8, 4) is 11.6 Å². The van der Waals surface area contributed by atoms with Gasteiger partial charge in [-0.2, -0.15) is 4.98 Å². The lowest BCUT2D eigenvalue weighted by Gasteiger charge is -2.05. The van der Waals surface area contributed by atoms with E-state index in [1.54, 1.807) is 48.7 Å². The number of ether oxygens (including phenoxy) is 1. The SMILES string of the molecule is O=C(O)c1c(Oc2ccccc2Cl)nc2ccccn12. The Kier molecular flexibility index (Phi) is 3.04. The summed E-state index contributed by atoms with van der Waals surface area (Å²) in [6.45, 7) is 0. The maximum atomic E-state index is 11.4. The zero-order valence-corrected chi connectivity index (χ0v) is 10.9. The third-order valence-corrected chi connectivity index (χ3v) is 3.06. The number of aromatic nitrogens is 2. The second-order valence-corrected chi connectivity index (χ2v) is 4.44. The number of carboxylic acids is 1. The molecule has 5 nitrogen and oxygen atoms in total. The summed E-state index contributed by atoms with van der Waals surface area (Å²) in [7, 11) is 0. The Morgan fingerprint density at radius 3 is 2.70 bits per heavy atom. The fourth-order valence-corrected chi connectivity index (χ4v) is 2.05. The highest BCUT2D eigenvalue weighted by molar-refractivity contribution is 6.32. The maximum Gasteiger partial charge on any atom is 0.358 e. The molecular formula is C14H9ClN2O3. The molecule has 2 aromatic heterocycles. The number of hydrogen-bond acceptors (Lipinski definition) is 3. The van der Waals surface area contributed by atoms with Crippen LogP contribution >= 0.6 is 11.6 Å². The van der Waals surface area contributed by atoms with Crippen LogP contribution in [0.3, 0.4) is 0 Å². The van der Waals surface area contributed by atoms with Gasteiger partial charge in [-0.3, -0.25) is 4.40 Å². The molecule has 1 aromatic carbocycles. The monoisotopic (exact) mass is 288 g/mol. The second-order valence-electron chi connectivity index (χ2n) is 4.03. The molecule has 0 fully saturated rings. The molecule has 2 heterocycles. The normalized spacial score (nSPS) is 10.7. The standard InChI is InChI=1S/C14H9ClN2O3/c15-9-5-1-2-6-10(9)20-13-12(14(18)19)17-8-4-3-7-11(17)16-13/h1-8H,(H,18,19). The average molecular weight is 289 g/mol. The maximum absolute atomic E-state index is 11.4. The molecule has 0 aliphatic carbocycles. The molecule has 6 heteroatoms. The van der Waals surface area contributed by atoms with E-state index in [4.69, 9.17) is 16.3 Å². The van der Waals surface area contributed by atoms with E-state index >= 15 is 0 Å². The van der Waals surface area contributed by atoms with Crippen molar-refractivity contribution in [2.75, 3.05) is 0 Å². The fourth-order valence-electron chi connectivity index (χ4n) is 1.87. The summed E-state index contributed by atoms with van der Waals surface area (Å²) in [5.74, 6) is -0.748. The summed E-state index contributed by atoms with van der Waals surface area (Å²) in [5, 5.41) is 9.72. The number of halogens is 1. The Balaban J connectivity index is 2.14. The van der Waals surface area contributed by atoms with E-state index < -0.39 is 5.97 Å². The number of para-hydroxylation sites is 1. The molecule has 0 spiro atoms. The van der Waals surface area contributed by atoms with Crippen molar-refractivity contribution in [3.63, 3.8) is 0 Å². The highest BCUT2D eigenvalue weighted by atomic mass is 35.5. The Morgan fingerprint density at radius 1 is 1.20 bits per heavy atom. The molecule has 3 rings (SSSR count). The minimum atomic E-state index is -1.12. The van der Waals surface area contributed by atoms with Crippen LogP contribution in [0.1, 0.15) is 10.5 Å².